The Balaban J connectivity index is 0.00000108. The van der Waals surface area contributed by atoms with Crippen LogP contribution in [0.15, 0.2) is 48.7 Å². The SMILES string of the molecule is Br.C(=C1\CCc2ccccc21)/c1ccccn1. The maximum Gasteiger partial charge on any atom is 0.0632 e. The molecule has 2 aromatic rings. The summed E-state index contributed by atoms with van der Waals surface area (Å²) in [4.78, 5) is 4.34. The molecule has 17 heavy (non-hydrogen) atoms. The molecule has 0 saturated heterocycles. The van der Waals surface area contributed by atoms with Crippen LogP contribution in [-0.4, -0.2) is 4.98 Å². The second-order valence-corrected chi connectivity index (χ2v) is 4.08. The zero-order valence-corrected chi connectivity index (χ0v) is 11.2. The molecule has 0 fully saturated rings. The molecule has 0 spiro atoms. The maximum absolute atomic E-state index is 4.34. The van der Waals surface area contributed by atoms with Gasteiger partial charge in [-0.25, -0.2) is 0 Å². The summed E-state index contributed by atoms with van der Waals surface area (Å²) in [7, 11) is 0. The molecule has 0 bridgehead atoms. The van der Waals surface area contributed by atoms with Crippen molar-refractivity contribution in [2.75, 3.05) is 0 Å². The number of benzene rings is 1. The van der Waals surface area contributed by atoms with Crippen molar-refractivity contribution in [3.05, 3.63) is 65.5 Å². The summed E-state index contributed by atoms with van der Waals surface area (Å²) in [5.41, 5.74) is 5.32. The first-order valence-corrected chi connectivity index (χ1v) is 5.63. The molecule has 1 heterocycles. The number of hydrogen-bond donors (Lipinski definition) is 0. The zero-order chi connectivity index (χ0) is 10.8. The van der Waals surface area contributed by atoms with Crippen LogP contribution in [0.3, 0.4) is 0 Å². The lowest BCUT2D eigenvalue weighted by atomic mass is 10.1. The van der Waals surface area contributed by atoms with Crippen molar-refractivity contribution in [1.82, 2.24) is 4.98 Å². The highest BCUT2D eigenvalue weighted by atomic mass is 79.9. The molecule has 0 unspecified atom stereocenters. The van der Waals surface area contributed by atoms with Gasteiger partial charge in [0.1, 0.15) is 0 Å². The summed E-state index contributed by atoms with van der Waals surface area (Å²) >= 11 is 0. The summed E-state index contributed by atoms with van der Waals surface area (Å²) in [6.07, 6.45) is 6.34. The van der Waals surface area contributed by atoms with Gasteiger partial charge in [0, 0.05) is 6.20 Å². The number of rotatable bonds is 1. The van der Waals surface area contributed by atoms with Crippen LogP contribution in [0.25, 0.3) is 11.6 Å². The van der Waals surface area contributed by atoms with Gasteiger partial charge in [0.2, 0.25) is 0 Å². The van der Waals surface area contributed by atoms with Crippen LogP contribution in [0.1, 0.15) is 23.2 Å². The van der Waals surface area contributed by atoms with E-state index in [1.54, 1.807) is 0 Å². The van der Waals surface area contributed by atoms with Crippen LogP contribution in [0.5, 0.6) is 0 Å². The molecule has 1 nitrogen and oxygen atoms in total. The predicted molar refractivity (Wildman–Crippen MR) is 77.2 cm³/mol. The monoisotopic (exact) mass is 287 g/mol. The van der Waals surface area contributed by atoms with Gasteiger partial charge in [0.25, 0.3) is 0 Å². The molecule has 1 aliphatic rings. The molecule has 0 saturated carbocycles. The van der Waals surface area contributed by atoms with E-state index in [-0.39, 0.29) is 17.0 Å². The van der Waals surface area contributed by atoms with Crippen LogP contribution < -0.4 is 0 Å². The van der Waals surface area contributed by atoms with E-state index in [0.717, 1.165) is 18.5 Å². The Morgan fingerprint density at radius 2 is 1.76 bits per heavy atom. The number of halogens is 1. The first-order valence-electron chi connectivity index (χ1n) is 5.63. The van der Waals surface area contributed by atoms with Gasteiger partial charge in [0.15, 0.2) is 0 Å². The fourth-order valence-corrected chi connectivity index (χ4v) is 2.25. The zero-order valence-electron chi connectivity index (χ0n) is 9.47. The predicted octanol–water partition coefficient (Wildman–Crippen LogP) is 4.15. The van der Waals surface area contributed by atoms with E-state index in [4.69, 9.17) is 0 Å². The third-order valence-electron chi connectivity index (χ3n) is 3.04. The number of nitrogens with zero attached hydrogens (tertiary/aromatic N) is 1. The molecule has 86 valence electrons. The quantitative estimate of drug-likeness (QED) is 0.768. The summed E-state index contributed by atoms with van der Waals surface area (Å²) in [5, 5.41) is 0. The van der Waals surface area contributed by atoms with Crippen LogP contribution in [-0.2, 0) is 6.42 Å². The Labute approximate surface area is 112 Å². The third-order valence-corrected chi connectivity index (χ3v) is 3.04. The minimum Gasteiger partial charge on any atom is -0.257 e. The molecule has 0 N–H and O–H groups in total. The fourth-order valence-electron chi connectivity index (χ4n) is 2.25. The van der Waals surface area contributed by atoms with E-state index in [9.17, 15) is 0 Å². The second-order valence-electron chi connectivity index (χ2n) is 4.08. The highest BCUT2D eigenvalue weighted by molar-refractivity contribution is 8.93. The van der Waals surface area contributed by atoms with Gasteiger partial charge >= 0.3 is 0 Å². The Morgan fingerprint density at radius 3 is 2.59 bits per heavy atom. The van der Waals surface area contributed by atoms with E-state index in [1.165, 1.54) is 16.7 Å². The lowest BCUT2D eigenvalue weighted by Gasteiger charge is -2.00. The van der Waals surface area contributed by atoms with Gasteiger partial charge in [-0.15, -0.1) is 17.0 Å². The summed E-state index contributed by atoms with van der Waals surface area (Å²) in [6, 6.07) is 14.7. The molecule has 1 aromatic carbocycles. The van der Waals surface area contributed by atoms with Gasteiger partial charge in [-0.2, -0.15) is 0 Å². The maximum atomic E-state index is 4.34. The Hall–Kier alpha value is -1.41. The highest BCUT2D eigenvalue weighted by Crippen LogP contribution is 2.32. The Bertz CT molecular complexity index is 532. The first kappa shape index (κ1) is 12.1. The molecule has 3 rings (SSSR count). The smallest absolute Gasteiger partial charge is 0.0632 e. The average molecular weight is 288 g/mol. The number of allylic oxidation sites excluding steroid dienone is 1. The van der Waals surface area contributed by atoms with Gasteiger partial charge < -0.3 is 0 Å². The number of aromatic nitrogens is 1. The van der Waals surface area contributed by atoms with E-state index in [0.29, 0.717) is 0 Å². The lowest BCUT2D eigenvalue weighted by Crippen LogP contribution is -1.81. The van der Waals surface area contributed by atoms with Crippen molar-refractivity contribution in [2.45, 2.75) is 12.8 Å². The average Bonchev–Trinajstić information content (AvgIpc) is 2.74. The summed E-state index contributed by atoms with van der Waals surface area (Å²) in [6.45, 7) is 0. The summed E-state index contributed by atoms with van der Waals surface area (Å²) in [5.74, 6) is 0. The fraction of sp³-hybridized carbons (Fsp3) is 0.133. The minimum atomic E-state index is 0. The second kappa shape index (κ2) is 5.28. The van der Waals surface area contributed by atoms with Crippen molar-refractivity contribution in [1.29, 1.82) is 0 Å². The van der Waals surface area contributed by atoms with E-state index >= 15 is 0 Å². The van der Waals surface area contributed by atoms with Crippen LogP contribution in [0, 0.1) is 0 Å². The van der Waals surface area contributed by atoms with Crippen LogP contribution in [0.4, 0.5) is 0 Å². The Morgan fingerprint density at radius 1 is 0.941 bits per heavy atom. The summed E-state index contributed by atoms with van der Waals surface area (Å²) < 4.78 is 0. The number of hydrogen-bond acceptors (Lipinski definition) is 1. The number of aryl methyl sites for hydroxylation is 1. The largest absolute Gasteiger partial charge is 0.257 e. The van der Waals surface area contributed by atoms with Gasteiger partial charge in [-0.3, -0.25) is 4.98 Å². The molecular formula is C15H14BrN. The molecule has 0 radical (unpaired) electrons. The van der Waals surface area contributed by atoms with Crippen molar-refractivity contribution in [2.24, 2.45) is 0 Å². The van der Waals surface area contributed by atoms with E-state index in [2.05, 4.69) is 35.3 Å². The minimum absolute atomic E-state index is 0. The number of pyridine rings is 1. The van der Waals surface area contributed by atoms with E-state index in [1.807, 2.05) is 24.4 Å². The van der Waals surface area contributed by atoms with Crippen molar-refractivity contribution in [3.8, 4) is 0 Å². The molecule has 0 amide bonds. The van der Waals surface area contributed by atoms with Gasteiger partial charge in [-0.1, -0.05) is 30.3 Å². The van der Waals surface area contributed by atoms with Crippen LogP contribution in [0.2, 0.25) is 0 Å². The van der Waals surface area contributed by atoms with Crippen molar-refractivity contribution < 1.29 is 0 Å². The molecule has 2 heteroatoms. The molecular weight excluding hydrogens is 274 g/mol. The highest BCUT2D eigenvalue weighted by Gasteiger charge is 2.14. The van der Waals surface area contributed by atoms with Crippen LogP contribution >= 0.6 is 17.0 Å². The van der Waals surface area contributed by atoms with Gasteiger partial charge in [0.05, 0.1) is 5.69 Å². The van der Waals surface area contributed by atoms with Gasteiger partial charge in [-0.05, 0) is 47.8 Å². The normalized spacial score (nSPS) is 15.4. The first-order chi connectivity index (χ1) is 7.93. The standard InChI is InChI=1S/C15H13N.BrH/c1-2-7-15-12(5-1)8-9-13(15)11-14-6-3-4-10-16-14;/h1-7,10-11H,8-9H2;1H/b13-11-;. The molecule has 1 aromatic heterocycles. The lowest BCUT2D eigenvalue weighted by molar-refractivity contribution is 1.08. The van der Waals surface area contributed by atoms with E-state index < -0.39 is 0 Å². The Kier molecular flexibility index (Phi) is 3.75. The topological polar surface area (TPSA) is 12.9 Å². The number of fused-ring (bicyclic) bond motifs is 1. The molecule has 0 aliphatic heterocycles. The molecule has 0 atom stereocenters. The molecule has 1 aliphatic carbocycles. The third kappa shape index (κ3) is 2.47. The van der Waals surface area contributed by atoms with Crippen molar-refractivity contribution >= 4 is 28.6 Å². The van der Waals surface area contributed by atoms with Crippen molar-refractivity contribution in [3.63, 3.8) is 0 Å².